The summed E-state index contributed by atoms with van der Waals surface area (Å²) in [5.74, 6) is 0.00806. The van der Waals surface area contributed by atoms with Gasteiger partial charge in [0.05, 0.1) is 22.6 Å². The second-order valence-corrected chi connectivity index (χ2v) is 7.40. The van der Waals surface area contributed by atoms with E-state index in [0.29, 0.717) is 12.0 Å². The zero-order valence-electron chi connectivity index (χ0n) is 9.70. The Morgan fingerprint density at radius 1 is 1.31 bits per heavy atom. The van der Waals surface area contributed by atoms with Crippen molar-refractivity contribution in [2.75, 3.05) is 5.75 Å². The number of hydrogen-bond acceptors (Lipinski definition) is 3. The molecule has 5 nitrogen and oxygen atoms in total. The molecule has 0 aromatic carbocycles. The molecule has 2 heterocycles. The second kappa shape index (κ2) is 3.23. The minimum Gasteiger partial charge on any atom is -0.284 e. The molecule has 0 saturated heterocycles. The van der Waals surface area contributed by atoms with Crippen LogP contribution in [0.4, 0.5) is 0 Å². The predicted molar refractivity (Wildman–Crippen MR) is 61.2 cm³/mol. The van der Waals surface area contributed by atoms with E-state index < -0.39 is 9.84 Å². The molecule has 0 unspecified atom stereocenters. The second-order valence-electron chi connectivity index (χ2n) is 5.21. The van der Waals surface area contributed by atoms with E-state index in [9.17, 15) is 13.2 Å². The number of fused-ring (bicyclic) bond motifs is 1. The molecular formula is C10H16N2O3S. The molecule has 0 radical (unpaired) electrons. The van der Waals surface area contributed by atoms with Crippen molar-refractivity contribution in [2.24, 2.45) is 0 Å². The molecule has 90 valence electrons. The van der Waals surface area contributed by atoms with Crippen LogP contribution in [-0.4, -0.2) is 24.0 Å². The average molecular weight is 244 g/mol. The Hall–Kier alpha value is -1.04. The van der Waals surface area contributed by atoms with Crippen molar-refractivity contribution in [1.82, 2.24) is 9.78 Å². The fraction of sp³-hybridized carbons (Fsp3) is 0.700. The third-order valence-electron chi connectivity index (χ3n) is 2.79. The number of nitrogens with zero attached hydrogens (tertiary/aromatic N) is 1. The van der Waals surface area contributed by atoms with Gasteiger partial charge in [0, 0.05) is 12.1 Å². The Kier molecular flexibility index (Phi) is 2.31. The quantitative estimate of drug-likeness (QED) is 0.718. The first-order chi connectivity index (χ1) is 7.21. The third kappa shape index (κ3) is 1.81. The van der Waals surface area contributed by atoms with Gasteiger partial charge in [0.25, 0.3) is 5.56 Å². The Morgan fingerprint density at radius 3 is 2.50 bits per heavy atom. The molecule has 1 aromatic heterocycles. The van der Waals surface area contributed by atoms with Gasteiger partial charge in [0.1, 0.15) is 0 Å². The molecule has 0 atom stereocenters. The summed E-state index contributed by atoms with van der Waals surface area (Å²) in [5, 5.41) is 2.73. The highest BCUT2D eigenvalue weighted by Gasteiger charge is 2.30. The molecule has 0 saturated carbocycles. The Morgan fingerprint density at radius 2 is 1.94 bits per heavy atom. The van der Waals surface area contributed by atoms with Crippen molar-refractivity contribution in [1.29, 1.82) is 0 Å². The van der Waals surface area contributed by atoms with Crippen molar-refractivity contribution < 1.29 is 8.42 Å². The summed E-state index contributed by atoms with van der Waals surface area (Å²) in [6.45, 7) is 5.94. The van der Waals surface area contributed by atoms with E-state index in [-0.39, 0.29) is 22.6 Å². The number of H-pyrrole nitrogens is 1. The van der Waals surface area contributed by atoms with Crippen LogP contribution < -0.4 is 5.56 Å². The van der Waals surface area contributed by atoms with Crippen LogP contribution in [0.3, 0.4) is 0 Å². The van der Waals surface area contributed by atoms with Crippen LogP contribution in [0.25, 0.3) is 0 Å². The molecular weight excluding hydrogens is 228 g/mol. The number of rotatable bonds is 0. The van der Waals surface area contributed by atoms with Crippen LogP contribution >= 0.6 is 0 Å². The lowest BCUT2D eigenvalue weighted by atomic mass is 10.1. The number of aromatic nitrogens is 2. The van der Waals surface area contributed by atoms with E-state index in [1.165, 1.54) is 0 Å². The third-order valence-corrected chi connectivity index (χ3v) is 4.35. The number of aromatic amines is 1. The van der Waals surface area contributed by atoms with Gasteiger partial charge in [0.15, 0.2) is 9.84 Å². The minimum absolute atomic E-state index is 0.124. The van der Waals surface area contributed by atoms with Gasteiger partial charge in [-0.1, -0.05) is 0 Å². The van der Waals surface area contributed by atoms with Gasteiger partial charge in [-0.15, -0.1) is 0 Å². The highest BCUT2D eigenvalue weighted by molar-refractivity contribution is 7.90. The molecule has 1 aromatic rings. The van der Waals surface area contributed by atoms with Gasteiger partial charge in [0.2, 0.25) is 0 Å². The fourth-order valence-electron chi connectivity index (χ4n) is 2.03. The van der Waals surface area contributed by atoms with Crippen LogP contribution in [0.2, 0.25) is 0 Å². The largest absolute Gasteiger partial charge is 0.284 e. The molecule has 0 fully saturated rings. The molecule has 0 bridgehead atoms. The first-order valence-electron chi connectivity index (χ1n) is 5.24. The maximum absolute atomic E-state index is 11.7. The summed E-state index contributed by atoms with van der Waals surface area (Å²) in [6.07, 6.45) is 0.424. The lowest BCUT2D eigenvalue weighted by molar-refractivity contribution is 0.342. The monoisotopic (exact) mass is 244 g/mol. The Bertz CT molecular complexity index is 572. The predicted octanol–water partition coefficient (Wildman–Crippen LogP) is 0.402. The maximum atomic E-state index is 11.7. The molecule has 1 aliphatic heterocycles. The van der Waals surface area contributed by atoms with Crippen LogP contribution in [0, 0.1) is 0 Å². The highest BCUT2D eigenvalue weighted by Crippen LogP contribution is 2.22. The molecule has 1 N–H and O–H groups in total. The molecule has 0 spiro atoms. The SMILES string of the molecule is CC(C)(C)n1[nH]c(=O)c2c1CCS(=O)(=O)C2. The summed E-state index contributed by atoms with van der Waals surface area (Å²) in [7, 11) is -3.08. The van der Waals surface area contributed by atoms with Crippen molar-refractivity contribution in [2.45, 2.75) is 38.5 Å². The molecule has 6 heteroatoms. The first-order valence-corrected chi connectivity index (χ1v) is 7.06. The molecule has 1 aliphatic rings. The van der Waals surface area contributed by atoms with Crippen LogP contribution in [0.1, 0.15) is 32.0 Å². The lowest BCUT2D eigenvalue weighted by Crippen LogP contribution is -2.28. The Labute approximate surface area is 94.4 Å². The van der Waals surface area contributed by atoms with Crippen LogP contribution in [0.5, 0.6) is 0 Å². The molecule has 2 rings (SSSR count). The zero-order chi connectivity index (χ0) is 12.1. The van der Waals surface area contributed by atoms with Crippen LogP contribution in [0.15, 0.2) is 4.79 Å². The first kappa shape index (κ1) is 11.4. The number of sulfone groups is 1. The zero-order valence-corrected chi connectivity index (χ0v) is 10.5. The van der Waals surface area contributed by atoms with Gasteiger partial charge in [-0.05, 0) is 20.8 Å². The van der Waals surface area contributed by atoms with E-state index >= 15 is 0 Å². The Balaban J connectivity index is 2.62. The van der Waals surface area contributed by atoms with Gasteiger partial charge in [-0.25, -0.2) is 8.42 Å². The highest BCUT2D eigenvalue weighted by atomic mass is 32.2. The maximum Gasteiger partial charge on any atom is 0.268 e. The normalized spacial score (nSPS) is 19.4. The van der Waals surface area contributed by atoms with Crippen LogP contribution in [-0.2, 0) is 27.5 Å². The van der Waals surface area contributed by atoms with Crippen molar-refractivity contribution in [3.05, 3.63) is 21.6 Å². The summed E-state index contributed by atoms with van der Waals surface area (Å²) >= 11 is 0. The van der Waals surface area contributed by atoms with E-state index in [0.717, 1.165) is 5.69 Å². The minimum atomic E-state index is -3.08. The number of nitrogens with one attached hydrogen (secondary N) is 1. The van der Waals surface area contributed by atoms with Crippen molar-refractivity contribution in [3.63, 3.8) is 0 Å². The van der Waals surface area contributed by atoms with Gasteiger partial charge in [-0.2, -0.15) is 0 Å². The van der Waals surface area contributed by atoms with E-state index in [2.05, 4.69) is 5.10 Å². The fourth-order valence-corrected chi connectivity index (χ4v) is 3.42. The molecule has 0 amide bonds. The summed E-state index contributed by atoms with van der Waals surface area (Å²) in [4.78, 5) is 11.7. The lowest BCUT2D eigenvalue weighted by Gasteiger charge is -2.25. The van der Waals surface area contributed by atoms with E-state index in [1.54, 1.807) is 4.68 Å². The topological polar surface area (TPSA) is 71.9 Å². The molecule has 0 aliphatic carbocycles. The summed E-state index contributed by atoms with van der Waals surface area (Å²) in [5.41, 5.74) is 0.759. The van der Waals surface area contributed by atoms with Gasteiger partial charge >= 0.3 is 0 Å². The average Bonchev–Trinajstić information content (AvgIpc) is 2.41. The van der Waals surface area contributed by atoms with Crippen molar-refractivity contribution >= 4 is 9.84 Å². The smallest absolute Gasteiger partial charge is 0.268 e. The summed E-state index contributed by atoms with van der Waals surface area (Å²) < 4.78 is 24.7. The van der Waals surface area contributed by atoms with Crippen molar-refractivity contribution in [3.8, 4) is 0 Å². The van der Waals surface area contributed by atoms with E-state index in [4.69, 9.17) is 0 Å². The molecule has 16 heavy (non-hydrogen) atoms. The van der Waals surface area contributed by atoms with Gasteiger partial charge < -0.3 is 0 Å². The number of hydrogen-bond donors (Lipinski definition) is 1. The van der Waals surface area contributed by atoms with E-state index in [1.807, 2.05) is 20.8 Å². The standard InChI is InChI=1S/C10H16N2O3S/c1-10(2,3)12-8-4-5-16(14,15)6-7(8)9(13)11-12/h4-6H2,1-3H3,(H,11,13). The van der Waals surface area contributed by atoms with Gasteiger partial charge in [-0.3, -0.25) is 14.6 Å². The summed E-state index contributed by atoms with van der Waals surface area (Å²) in [6, 6.07) is 0.